The smallest absolute Gasteiger partial charge is 0.146 e. The van der Waals surface area contributed by atoms with Crippen LogP contribution in [0.4, 0.5) is 0 Å². The van der Waals surface area contributed by atoms with Crippen LogP contribution in [-0.2, 0) is 4.79 Å². The van der Waals surface area contributed by atoms with Gasteiger partial charge in [0.2, 0.25) is 0 Å². The highest BCUT2D eigenvalue weighted by Crippen LogP contribution is 2.24. The molecule has 0 amide bonds. The average molecular weight is 220 g/mol. The van der Waals surface area contributed by atoms with Gasteiger partial charge >= 0.3 is 0 Å². The Morgan fingerprint density at radius 1 is 1.36 bits per heavy atom. The fourth-order valence-corrected chi connectivity index (χ4v) is 2.01. The number of ketones is 1. The molecule has 0 unspecified atom stereocenters. The lowest BCUT2D eigenvalue weighted by Gasteiger charge is -2.24. The molecule has 0 bridgehead atoms. The second-order valence-corrected chi connectivity index (χ2v) is 3.77. The van der Waals surface area contributed by atoms with E-state index in [0.717, 1.165) is 25.7 Å². The lowest BCUT2D eigenvalue weighted by Crippen LogP contribution is -2.30. The van der Waals surface area contributed by atoms with Crippen molar-refractivity contribution < 1.29 is 4.79 Å². The molecule has 2 nitrogen and oxygen atoms in total. The number of rotatable bonds is 2. The van der Waals surface area contributed by atoms with Gasteiger partial charge in [-0.25, -0.2) is 0 Å². The minimum absolute atomic E-state index is 0.286. The summed E-state index contributed by atoms with van der Waals surface area (Å²) in [7, 11) is 0. The SMILES string of the molecule is NC1CCC(C(=O)CBr)CC1. The van der Waals surface area contributed by atoms with E-state index in [-0.39, 0.29) is 5.92 Å². The standard InChI is InChI=1S/C8H14BrNO/c9-5-8(11)6-1-3-7(10)4-2-6/h6-7H,1-5,10H2. The third-order valence-electron chi connectivity index (χ3n) is 2.36. The van der Waals surface area contributed by atoms with Gasteiger partial charge in [0, 0.05) is 12.0 Å². The lowest BCUT2D eigenvalue weighted by molar-refractivity contribution is -0.121. The summed E-state index contributed by atoms with van der Waals surface area (Å²) in [5, 5.41) is 0.507. The number of halogens is 1. The second-order valence-electron chi connectivity index (χ2n) is 3.21. The third kappa shape index (κ3) is 2.56. The zero-order chi connectivity index (χ0) is 8.27. The predicted molar refractivity (Wildman–Crippen MR) is 48.7 cm³/mol. The molecule has 2 N–H and O–H groups in total. The number of hydrogen-bond acceptors (Lipinski definition) is 2. The van der Waals surface area contributed by atoms with Crippen LogP contribution in [0.5, 0.6) is 0 Å². The van der Waals surface area contributed by atoms with Gasteiger partial charge in [0.1, 0.15) is 5.78 Å². The quantitative estimate of drug-likeness (QED) is 0.716. The molecule has 0 atom stereocenters. The molecule has 1 fully saturated rings. The van der Waals surface area contributed by atoms with Gasteiger partial charge in [0.05, 0.1) is 5.33 Å². The molecular formula is C8H14BrNO. The normalized spacial score (nSPS) is 31.8. The first-order valence-corrected chi connectivity index (χ1v) is 5.20. The van der Waals surface area contributed by atoms with Crippen LogP contribution < -0.4 is 5.73 Å². The van der Waals surface area contributed by atoms with E-state index in [0.29, 0.717) is 17.2 Å². The molecule has 1 aliphatic rings. The molecule has 1 aliphatic carbocycles. The fraction of sp³-hybridized carbons (Fsp3) is 0.875. The van der Waals surface area contributed by atoms with E-state index in [2.05, 4.69) is 15.9 Å². The van der Waals surface area contributed by atoms with Gasteiger partial charge in [0.25, 0.3) is 0 Å². The Morgan fingerprint density at radius 3 is 2.36 bits per heavy atom. The molecule has 3 heteroatoms. The zero-order valence-corrected chi connectivity index (χ0v) is 8.14. The summed E-state index contributed by atoms with van der Waals surface area (Å²) < 4.78 is 0. The molecule has 0 aromatic carbocycles. The molecule has 11 heavy (non-hydrogen) atoms. The van der Waals surface area contributed by atoms with Crippen molar-refractivity contribution in [3.8, 4) is 0 Å². The van der Waals surface area contributed by atoms with Crippen molar-refractivity contribution in [1.82, 2.24) is 0 Å². The topological polar surface area (TPSA) is 43.1 Å². The molecular weight excluding hydrogens is 206 g/mol. The summed E-state index contributed by atoms with van der Waals surface area (Å²) in [5.41, 5.74) is 5.72. The molecule has 0 radical (unpaired) electrons. The Labute approximate surface area is 75.7 Å². The van der Waals surface area contributed by atoms with Crippen LogP contribution in [-0.4, -0.2) is 17.2 Å². The van der Waals surface area contributed by atoms with E-state index in [4.69, 9.17) is 5.73 Å². The minimum Gasteiger partial charge on any atom is -0.328 e. The highest BCUT2D eigenvalue weighted by molar-refractivity contribution is 9.09. The Kier molecular flexibility index (Phi) is 3.52. The summed E-state index contributed by atoms with van der Waals surface area (Å²) in [6, 6.07) is 0.342. The number of alkyl halides is 1. The van der Waals surface area contributed by atoms with Crippen LogP contribution >= 0.6 is 15.9 Å². The van der Waals surface area contributed by atoms with Gasteiger partial charge in [-0.3, -0.25) is 4.79 Å². The highest BCUT2D eigenvalue weighted by Gasteiger charge is 2.23. The van der Waals surface area contributed by atoms with Crippen LogP contribution in [0.15, 0.2) is 0 Å². The lowest BCUT2D eigenvalue weighted by atomic mass is 9.84. The molecule has 64 valence electrons. The Hall–Kier alpha value is 0.110. The second kappa shape index (κ2) is 4.21. The third-order valence-corrected chi connectivity index (χ3v) is 2.91. The summed E-state index contributed by atoms with van der Waals surface area (Å²) in [6.45, 7) is 0. The Bertz CT molecular complexity index is 141. The monoisotopic (exact) mass is 219 g/mol. The number of nitrogens with two attached hydrogens (primary N) is 1. The van der Waals surface area contributed by atoms with Crippen molar-refractivity contribution in [1.29, 1.82) is 0 Å². The van der Waals surface area contributed by atoms with Crippen LogP contribution in [0.2, 0.25) is 0 Å². The summed E-state index contributed by atoms with van der Waals surface area (Å²) in [5.74, 6) is 0.631. The van der Waals surface area contributed by atoms with Crippen LogP contribution in [0.25, 0.3) is 0 Å². The first-order valence-electron chi connectivity index (χ1n) is 4.08. The number of hydrogen-bond donors (Lipinski definition) is 1. The molecule has 0 aromatic heterocycles. The predicted octanol–water partition coefficient (Wildman–Crippen LogP) is 1.47. The van der Waals surface area contributed by atoms with Crippen molar-refractivity contribution in [2.24, 2.45) is 11.7 Å². The fourth-order valence-electron chi connectivity index (χ4n) is 1.55. The van der Waals surface area contributed by atoms with Crippen molar-refractivity contribution in [3.05, 3.63) is 0 Å². The first kappa shape index (κ1) is 9.20. The first-order chi connectivity index (χ1) is 5.24. The highest BCUT2D eigenvalue weighted by atomic mass is 79.9. The van der Waals surface area contributed by atoms with Gasteiger partial charge in [-0.1, -0.05) is 15.9 Å². The maximum Gasteiger partial charge on any atom is 0.146 e. The molecule has 0 aromatic rings. The number of carbonyl (C=O) groups is 1. The van der Waals surface area contributed by atoms with Crippen molar-refractivity contribution >= 4 is 21.7 Å². The maximum absolute atomic E-state index is 11.2. The van der Waals surface area contributed by atoms with Crippen molar-refractivity contribution in [3.63, 3.8) is 0 Å². The van der Waals surface area contributed by atoms with Crippen LogP contribution in [0.3, 0.4) is 0 Å². The van der Waals surface area contributed by atoms with Gasteiger partial charge in [-0.05, 0) is 25.7 Å². The van der Waals surface area contributed by atoms with Gasteiger partial charge in [-0.2, -0.15) is 0 Å². The molecule has 1 rings (SSSR count). The van der Waals surface area contributed by atoms with Crippen molar-refractivity contribution in [2.45, 2.75) is 31.7 Å². The van der Waals surface area contributed by atoms with Gasteiger partial charge < -0.3 is 5.73 Å². The maximum atomic E-state index is 11.2. The van der Waals surface area contributed by atoms with E-state index < -0.39 is 0 Å². The molecule has 1 saturated carbocycles. The summed E-state index contributed by atoms with van der Waals surface area (Å²) in [4.78, 5) is 11.2. The van der Waals surface area contributed by atoms with E-state index in [9.17, 15) is 4.79 Å². The Balaban J connectivity index is 2.33. The molecule has 0 saturated heterocycles. The van der Waals surface area contributed by atoms with Crippen LogP contribution in [0, 0.1) is 5.92 Å². The molecule has 0 spiro atoms. The summed E-state index contributed by atoms with van der Waals surface area (Å²) >= 11 is 3.18. The van der Waals surface area contributed by atoms with E-state index >= 15 is 0 Å². The Morgan fingerprint density at radius 2 is 1.91 bits per heavy atom. The van der Waals surface area contributed by atoms with Gasteiger partial charge in [-0.15, -0.1) is 0 Å². The van der Waals surface area contributed by atoms with Crippen LogP contribution in [0.1, 0.15) is 25.7 Å². The summed E-state index contributed by atoms with van der Waals surface area (Å²) in [6.07, 6.45) is 4.02. The molecule has 0 aliphatic heterocycles. The minimum atomic E-state index is 0.286. The largest absolute Gasteiger partial charge is 0.328 e. The van der Waals surface area contributed by atoms with E-state index in [1.54, 1.807) is 0 Å². The molecule has 0 heterocycles. The average Bonchev–Trinajstić information content (AvgIpc) is 2.05. The number of Topliss-reactive ketones (excluding diaryl/α,β-unsaturated/α-hetero) is 1. The number of carbonyl (C=O) groups excluding carboxylic acids is 1. The zero-order valence-electron chi connectivity index (χ0n) is 6.55. The van der Waals surface area contributed by atoms with E-state index in [1.165, 1.54) is 0 Å². The van der Waals surface area contributed by atoms with Crippen molar-refractivity contribution in [2.75, 3.05) is 5.33 Å². The van der Waals surface area contributed by atoms with Gasteiger partial charge in [0.15, 0.2) is 0 Å². The van der Waals surface area contributed by atoms with E-state index in [1.807, 2.05) is 0 Å².